The van der Waals surface area contributed by atoms with Crippen LogP contribution in [0.1, 0.15) is 42.0 Å². The summed E-state index contributed by atoms with van der Waals surface area (Å²) in [4.78, 5) is 0. The van der Waals surface area contributed by atoms with E-state index < -0.39 is 0 Å². The van der Waals surface area contributed by atoms with Crippen molar-refractivity contribution in [1.29, 1.82) is 0 Å². The van der Waals surface area contributed by atoms with Gasteiger partial charge in [-0.25, -0.2) is 0 Å². The van der Waals surface area contributed by atoms with E-state index in [0.717, 1.165) is 5.57 Å². The van der Waals surface area contributed by atoms with Crippen molar-refractivity contribution in [3.63, 3.8) is 0 Å². The highest BCUT2D eigenvalue weighted by Crippen LogP contribution is 2.25. The maximum Gasteiger partial charge on any atom is -0.000703 e. The fourth-order valence-corrected chi connectivity index (χ4v) is 1.32. The molecule has 18 heavy (non-hydrogen) atoms. The number of rotatable bonds is 1. The zero-order valence-electron chi connectivity index (χ0n) is 11.5. The molecule has 1 nitrogen and oxygen atoms in total. The molecule has 0 aliphatic heterocycles. The van der Waals surface area contributed by atoms with Crippen LogP contribution in [0.5, 0.6) is 0 Å². The summed E-state index contributed by atoms with van der Waals surface area (Å²) in [5.41, 5.74) is 13.6. The van der Waals surface area contributed by atoms with Gasteiger partial charge in [-0.15, -0.1) is 0 Å². The largest absolute Gasteiger partial charge is 0.405 e. The first-order chi connectivity index (χ1) is 7.91. The van der Waals surface area contributed by atoms with Crippen LogP contribution in [0.4, 0.5) is 0 Å². The van der Waals surface area contributed by atoms with Gasteiger partial charge in [0.25, 0.3) is 0 Å². The van der Waals surface area contributed by atoms with Crippen LogP contribution in [0, 0.1) is 5.41 Å². The lowest BCUT2D eigenvalue weighted by atomic mass is 9.86. The van der Waals surface area contributed by atoms with E-state index in [0.29, 0.717) is 0 Å². The molecule has 100 valence electrons. The molecule has 0 atom stereocenters. The van der Waals surface area contributed by atoms with E-state index in [1.165, 1.54) is 5.57 Å². The van der Waals surface area contributed by atoms with Crippen molar-refractivity contribution >= 4 is 0 Å². The van der Waals surface area contributed by atoms with Crippen molar-refractivity contribution < 1.29 is 0 Å². The van der Waals surface area contributed by atoms with Gasteiger partial charge in [-0.05, 0) is 48.8 Å². The summed E-state index contributed by atoms with van der Waals surface area (Å²) >= 11 is 0. The first-order valence-corrected chi connectivity index (χ1v) is 5.82. The van der Waals surface area contributed by atoms with E-state index in [-0.39, 0.29) is 12.8 Å². The average Bonchev–Trinajstić information content (AvgIpc) is 2.26. The van der Waals surface area contributed by atoms with Gasteiger partial charge in [-0.2, -0.15) is 0 Å². The molecule has 0 radical (unpaired) electrons. The minimum Gasteiger partial charge on any atom is -0.405 e. The topological polar surface area (TPSA) is 26.0 Å². The lowest BCUT2D eigenvalue weighted by Gasteiger charge is -2.19. The predicted molar refractivity (Wildman–Crippen MR) is 83.2 cm³/mol. The summed E-state index contributed by atoms with van der Waals surface area (Å²) in [5, 5.41) is 0. The Hall–Kier alpha value is -1.68. The van der Waals surface area contributed by atoms with Gasteiger partial charge in [-0.3, -0.25) is 0 Å². The second-order valence-electron chi connectivity index (χ2n) is 4.83. The van der Waals surface area contributed by atoms with Crippen molar-refractivity contribution in [2.24, 2.45) is 11.1 Å². The Balaban J connectivity index is 0. The molecular formula is C17H27N. The Morgan fingerprint density at radius 3 is 2.11 bits per heavy atom. The first kappa shape index (κ1) is 18.7. The van der Waals surface area contributed by atoms with Crippen molar-refractivity contribution in [2.75, 3.05) is 0 Å². The van der Waals surface area contributed by atoms with Crippen molar-refractivity contribution in [2.45, 2.75) is 42.0 Å². The molecule has 1 aliphatic rings. The summed E-state index contributed by atoms with van der Waals surface area (Å²) in [6.45, 7) is 10.5. The Morgan fingerprint density at radius 1 is 1.33 bits per heavy atom. The molecule has 1 aliphatic carbocycles. The molecule has 0 aromatic rings. The van der Waals surface area contributed by atoms with E-state index in [9.17, 15) is 0 Å². The molecule has 0 aromatic heterocycles. The van der Waals surface area contributed by atoms with E-state index in [2.05, 4.69) is 38.3 Å². The fourth-order valence-electron chi connectivity index (χ4n) is 1.32. The SMILES string of the molecule is C.C/C=C(\C=C/N)C(C)(C)C.CC1=C=C=CC=C1. The minimum atomic E-state index is 0. The Bertz CT molecular complexity index is 413. The van der Waals surface area contributed by atoms with Crippen LogP contribution >= 0.6 is 0 Å². The van der Waals surface area contributed by atoms with Crippen LogP contribution in [0.3, 0.4) is 0 Å². The number of nitrogens with two attached hydrogens (primary N) is 1. The fraction of sp³-hybridized carbons (Fsp3) is 0.412. The van der Waals surface area contributed by atoms with Crippen molar-refractivity contribution in [1.82, 2.24) is 0 Å². The summed E-state index contributed by atoms with van der Waals surface area (Å²) < 4.78 is 0. The van der Waals surface area contributed by atoms with Gasteiger partial charge < -0.3 is 5.73 Å². The van der Waals surface area contributed by atoms with Gasteiger partial charge in [0.1, 0.15) is 0 Å². The molecule has 0 saturated carbocycles. The Kier molecular flexibility index (Phi) is 9.71. The minimum absolute atomic E-state index is 0. The number of hydrogen-bond acceptors (Lipinski definition) is 1. The van der Waals surface area contributed by atoms with E-state index in [1.54, 1.807) is 6.20 Å². The van der Waals surface area contributed by atoms with Gasteiger partial charge in [-0.1, -0.05) is 57.9 Å². The maximum absolute atomic E-state index is 5.28. The molecule has 0 fully saturated rings. The first-order valence-electron chi connectivity index (χ1n) is 5.82. The van der Waals surface area contributed by atoms with Crippen LogP contribution in [-0.2, 0) is 0 Å². The van der Waals surface area contributed by atoms with Crippen molar-refractivity contribution in [3.05, 3.63) is 59.2 Å². The van der Waals surface area contributed by atoms with Gasteiger partial charge in [0.2, 0.25) is 0 Å². The van der Waals surface area contributed by atoms with Gasteiger partial charge in [0.15, 0.2) is 0 Å². The number of allylic oxidation sites excluding steroid dienone is 7. The lowest BCUT2D eigenvalue weighted by Crippen LogP contribution is -2.07. The number of hydrogen-bond donors (Lipinski definition) is 1. The third-order valence-corrected chi connectivity index (χ3v) is 2.25. The smallest absolute Gasteiger partial charge is 0.000703 e. The zero-order chi connectivity index (χ0) is 13.3. The second-order valence-corrected chi connectivity index (χ2v) is 4.83. The zero-order valence-corrected chi connectivity index (χ0v) is 11.5. The summed E-state index contributed by atoms with van der Waals surface area (Å²) in [6, 6.07) is 0. The van der Waals surface area contributed by atoms with E-state index in [1.807, 2.05) is 38.2 Å². The highest BCUT2D eigenvalue weighted by atomic mass is 14.5. The highest BCUT2D eigenvalue weighted by molar-refractivity contribution is 5.23. The molecule has 1 rings (SSSR count). The molecular weight excluding hydrogens is 218 g/mol. The monoisotopic (exact) mass is 245 g/mol. The van der Waals surface area contributed by atoms with Crippen LogP contribution < -0.4 is 5.73 Å². The third-order valence-electron chi connectivity index (χ3n) is 2.25. The summed E-state index contributed by atoms with van der Waals surface area (Å²) in [5.74, 6) is 0. The molecule has 1 heteroatoms. The Labute approximate surface area is 113 Å². The predicted octanol–water partition coefficient (Wildman–Crippen LogP) is 4.90. The van der Waals surface area contributed by atoms with Crippen LogP contribution in [0.15, 0.2) is 59.2 Å². The lowest BCUT2D eigenvalue weighted by molar-refractivity contribution is 0.516. The quantitative estimate of drug-likeness (QED) is 0.516. The van der Waals surface area contributed by atoms with Gasteiger partial charge in [0.05, 0.1) is 0 Å². The van der Waals surface area contributed by atoms with Crippen LogP contribution in [0.25, 0.3) is 0 Å². The van der Waals surface area contributed by atoms with E-state index in [4.69, 9.17) is 5.73 Å². The summed E-state index contributed by atoms with van der Waals surface area (Å²) in [7, 11) is 0. The molecule has 0 unspecified atom stereocenters. The molecule has 2 N–H and O–H groups in total. The van der Waals surface area contributed by atoms with Gasteiger partial charge >= 0.3 is 0 Å². The third kappa shape index (κ3) is 8.47. The van der Waals surface area contributed by atoms with Crippen LogP contribution in [0.2, 0.25) is 0 Å². The van der Waals surface area contributed by atoms with Gasteiger partial charge in [0, 0.05) is 0 Å². The normalized spacial score (nSPS) is 13.8. The van der Waals surface area contributed by atoms with Crippen molar-refractivity contribution in [3.8, 4) is 0 Å². The van der Waals surface area contributed by atoms with E-state index >= 15 is 0 Å². The standard InChI is InChI=1S/C9H17N.C7H6.CH4/c1-5-8(6-7-10)9(2,3)4;1-7-5-3-2-4-6-7;/h5-7H,10H2,1-4H3;2-3,5H,1H3;1H4/b7-6-,8-5+;;. The molecule has 0 aromatic carbocycles. The second kappa shape index (κ2) is 9.36. The average molecular weight is 245 g/mol. The molecule has 0 amide bonds. The molecule has 0 spiro atoms. The highest BCUT2D eigenvalue weighted by Gasteiger charge is 2.12. The maximum atomic E-state index is 5.28. The Morgan fingerprint density at radius 2 is 1.94 bits per heavy atom. The molecule has 0 bridgehead atoms. The summed E-state index contributed by atoms with van der Waals surface area (Å²) in [6.07, 6.45) is 11.4. The molecule has 0 heterocycles. The van der Waals surface area contributed by atoms with Crippen LogP contribution in [-0.4, -0.2) is 0 Å². The molecule has 0 saturated heterocycles.